The van der Waals surface area contributed by atoms with Crippen LogP contribution in [-0.2, 0) is 14.4 Å². The van der Waals surface area contributed by atoms with Crippen molar-refractivity contribution in [1.29, 1.82) is 0 Å². The molecule has 170 valence electrons. The molecular formula is C25H27N5O3. The van der Waals surface area contributed by atoms with Crippen LogP contribution in [-0.4, -0.2) is 39.6 Å². The molecule has 3 N–H and O–H groups in total. The van der Waals surface area contributed by atoms with E-state index in [1.54, 1.807) is 6.20 Å². The number of nitrogens with one attached hydrogen (secondary N) is 3. The molecular weight excluding hydrogens is 418 g/mol. The van der Waals surface area contributed by atoms with Crippen molar-refractivity contribution in [2.24, 2.45) is 11.0 Å². The number of aromatic nitrogens is 1. The Labute approximate surface area is 192 Å². The SMILES string of the molecule is CC(=O)N[C@H](C(=O)N1N=C(c2ccc(C)cc2)NC(=O)[C@H]1c1c[nH]c2ccccc12)C(C)C. The fourth-order valence-corrected chi connectivity index (χ4v) is 3.97. The fourth-order valence-electron chi connectivity index (χ4n) is 3.97. The van der Waals surface area contributed by atoms with E-state index in [4.69, 9.17) is 0 Å². The summed E-state index contributed by atoms with van der Waals surface area (Å²) in [5.74, 6) is -1.06. The van der Waals surface area contributed by atoms with Crippen molar-refractivity contribution < 1.29 is 14.4 Å². The highest BCUT2D eigenvalue weighted by atomic mass is 16.2. The van der Waals surface area contributed by atoms with Crippen molar-refractivity contribution in [3.05, 3.63) is 71.4 Å². The quantitative estimate of drug-likeness (QED) is 0.562. The number of aryl methyl sites for hydroxylation is 1. The zero-order chi connectivity index (χ0) is 23.7. The number of para-hydroxylation sites is 1. The van der Waals surface area contributed by atoms with Crippen molar-refractivity contribution in [2.45, 2.75) is 39.8 Å². The van der Waals surface area contributed by atoms with Crippen molar-refractivity contribution in [1.82, 2.24) is 20.6 Å². The van der Waals surface area contributed by atoms with Gasteiger partial charge in [0.25, 0.3) is 11.8 Å². The first-order valence-corrected chi connectivity index (χ1v) is 10.9. The van der Waals surface area contributed by atoms with E-state index < -0.39 is 18.0 Å². The minimum atomic E-state index is -0.988. The Morgan fingerprint density at radius 2 is 1.79 bits per heavy atom. The van der Waals surface area contributed by atoms with Gasteiger partial charge in [-0.3, -0.25) is 14.4 Å². The topological polar surface area (TPSA) is 107 Å². The minimum Gasteiger partial charge on any atom is -0.361 e. The second-order valence-corrected chi connectivity index (χ2v) is 8.60. The van der Waals surface area contributed by atoms with Gasteiger partial charge in [0.2, 0.25) is 5.91 Å². The summed E-state index contributed by atoms with van der Waals surface area (Å²) in [7, 11) is 0. The number of hydrazone groups is 1. The van der Waals surface area contributed by atoms with E-state index in [1.807, 2.05) is 69.3 Å². The van der Waals surface area contributed by atoms with Crippen molar-refractivity contribution in [2.75, 3.05) is 0 Å². The molecule has 0 bridgehead atoms. The number of carbonyl (C=O) groups is 3. The lowest BCUT2D eigenvalue weighted by Crippen LogP contribution is -2.55. The second-order valence-electron chi connectivity index (χ2n) is 8.60. The van der Waals surface area contributed by atoms with E-state index in [1.165, 1.54) is 11.9 Å². The van der Waals surface area contributed by atoms with E-state index in [0.29, 0.717) is 11.1 Å². The van der Waals surface area contributed by atoms with Gasteiger partial charge in [0, 0.05) is 35.2 Å². The van der Waals surface area contributed by atoms with Gasteiger partial charge in [-0.2, -0.15) is 5.10 Å². The number of amides is 3. The number of fused-ring (bicyclic) bond motifs is 1. The summed E-state index contributed by atoms with van der Waals surface area (Å²) in [5, 5.41) is 12.2. The zero-order valence-electron chi connectivity index (χ0n) is 19.0. The van der Waals surface area contributed by atoms with Gasteiger partial charge < -0.3 is 15.6 Å². The molecule has 1 aliphatic heterocycles. The smallest absolute Gasteiger partial charge is 0.266 e. The van der Waals surface area contributed by atoms with E-state index in [9.17, 15) is 14.4 Å². The molecule has 3 amide bonds. The van der Waals surface area contributed by atoms with Crippen LogP contribution in [0.1, 0.15) is 43.5 Å². The molecule has 1 aromatic heterocycles. The largest absolute Gasteiger partial charge is 0.361 e. The van der Waals surface area contributed by atoms with Crippen LogP contribution in [0.2, 0.25) is 0 Å². The number of aromatic amines is 1. The molecule has 4 rings (SSSR count). The molecule has 33 heavy (non-hydrogen) atoms. The molecule has 0 radical (unpaired) electrons. The Bertz CT molecular complexity index is 1240. The van der Waals surface area contributed by atoms with Crippen molar-refractivity contribution in [3.8, 4) is 0 Å². The highest BCUT2D eigenvalue weighted by Gasteiger charge is 2.41. The van der Waals surface area contributed by atoms with Crippen LogP contribution in [0.4, 0.5) is 0 Å². The predicted octanol–water partition coefficient (Wildman–Crippen LogP) is 3.00. The first-order valence-electron chi connectivity index (χ1n) is 10.9. The molecule has 1 aliphatic rings. The number of hydrogen-bond donors (Lipinski definition) is 3. The minimum absolute atomic E-state index is 0.201. The van der Waals surface area contributed by atoms with Crippen LogP contribution in [0.3, 0.4) is 0 Å². The third-order valence-corrected chi connectivity index (χ3v) is 5.70. The van der Waals surface area contributed by atoms with Crippen molar-refractivity contribution in [3.63, 3.8) is 0 Å². The van der Waals surface area contributed by atoms with Gasteiger partial charge in [-0.25, -0.2) is 5.01 Å². The maximum atomic E-state index is 13.7. The number of carbonyl (C=O) groups excluding carboxylic acids is 3. The molecule has 2 atom stereocenters. The summed E-state index contributed by atoms with van der Waals surface area (Å²) in [6.45, 7) is 7.01. The zero-order valence-corrected chi connectivity index (χ0v) is 19.0. The third-order valence-electron chi connectivity index (χ3n) is 5.70. The van der Waals surface area contributed by atoms with Crippen LogP contribution in [0.15, 0.2) is 59.8 Å². The van der Waals surface area contributed by atoms with Gasteiger partial charge in [-0.1, -0.05) is 61.9 Å². The fraction of sp³-hybridized carbons (Fsp3) is 0.280. The number of amidine groups is 1. The molecule has 0 saturated heterocycles. The van der Waals surface area contributed by atoms with Crippen LogP contribution < -0.4 is 10.6 Å². The number of rotatable bonds is 5. The number of H-pyrrole nitrogens is 1. The summed E-state index contributed by atoms with van der Waals surface area (Å²) in [4.78, 5) is 42.1. The van der Waals surface area contributed by atoms with Crippen molar-refractivity contribution >= 4 is 34.5 Å². The lowest BCUT2D eigenvalue weighted by Gasteiger charge is -2.34. The Hall–Kier alpha value is -3.94. The van der Waals surface area contributed by atoms with Gasteiger partial charge >= 0.3 is 0 Å². The average molecular weight is 446 g/mol. The van der Waals surface area contributed by atoms with Crippen LogP contribution in [0.25, 0.3) is 10.9 Å². The molecule has 0 spiro atoms. The summed E-state index contributed by atoms with van der Waals surface area (Å²) >= 11 is 0. The average Bonchev–Trinajstić information content (AvgIpc) is 3.20. The lowest BCUT2D eigenvalue weighted by molar-refractivity contribution is -0.145. The molecule has 8 nitrogen and oxygen atoms in total. The summed E-state index contributed by atoms with van der Waals surface area (Å²) < 4.78 is 0. The molecule has 8 heteroatoms. The van der Waals surface area contributed by atoms with E-state index in [0.717, 1.165) is 16.5 Å². The van der Waals surface area contributed by atoms with Gasteiger partial charge in [0.1, 0.15) is 6.04 Å². The van der Waals surface area contributed by atoms with Gasteiger partial charge in [0.05, 0.1) is 0 Å². The molecule has 2 aromatic carbocycles. The van der Waals surface area contributed by atoms with E-state index in [-0.39, 0.29) is 23.6 Å². The first-order chi connectivity index (χ1) is 15.8. The Morgan fingerprint density at radius 3 is 2.45 bits per heavy atom. The maximum Gasteiger partial charge on any atom is 0.266 e. The second kappa shape index (κ2) is 8.90. The molecule has 0 aliphatic carbocycles. The normalized spacial score (nSPS) is 17.0. The molecule has 0 unspecified atom stereocenters. The monoisotopic (exact) mass is 445 g/mol. The Morgan fingerprint density at radius 1 is 1.09 bits per heavy atom. The third kappa shape index (κ3) is 4.37. The van der Waals surface area contributed by atoms with Gasteiger partial charge in [0.15, 0.2) is 11.9 Å². The van der Waals surface area contributed by atoms with Crippen LogP contribution in [0.5, 0.6) is 0 Å². The molecule has 0 fully saturated rings. The summed E-state index contributed by atoms with van der Waals surface area (Å²) in [6, 6.07) is 13.3. The molecule has 0 saturated carbocycles. The Kier molecular flexibility index (Phi) is 6.00. The highest BCUT2D eigenvalue weighted by Crippen LogP contribution is 2.32. The highest BCUT2D eigenvalue weighted by molar-refractivity contribution is 6.12. The summed E-state index contributed by atoms with van der Waals surface area (Å²) in [5.41, 5.74) is 3.23. The standard InChI is InChI=1S/C25H27N5O3/c1-14(2)21(27-16(4)31)25(33)30-22(19-13-26-20-8-6-5-7-18(19)20)24(32)28-23(29-30)17-11-9-15(3)10-12-17/h5-14,21-22,26H,1-4H3,(H,27,31)(H,28,29,32)/t21-,22+/m0/s1. The Balaban J connectivity index is 1.84. The van der Waals surface area contributed by atoms with E-state index >= 15 is 0 Å². The lowest BCUT2D eigenvalue weighted by atomic mass is 9.99. The summed E-state index contributed by atoms with van der Waals surface area (Å²) in [6.07, 6.45) is 1.73. The van der Waals surface area contributed by atoms with Gasteiger partial charge in [-0.15, -0.1) is 0 Å². The number of nitrogens with zero attached hydrogens (tertiary/aromatic N) is 2. The molecule has 2 heterocycles. The predicted molar refractivity (Wildman–Crippen MR) is 126 cm³/mol. The maximum absolute atomic E-state index is 13.7. The van der Waals surface area contributed by atoms with Crippen LogP contribution in [0, 0.1) is 12.8 Å². The number of benzene rings is 2. The molecule has 3 aromatic rings. The number of hydrogen-bond acceptors (Lipinski definition) is 4. The first kappa shape index (κ1) is 22.3. The van der Waals surface area contributed by atoms with Gasteiger partial charge in [-0.05, 0) is 18.9 Å². The van der Waals surface area contributed by atoms with Crippen LogP contribution >= 0.6 is 0 Å². The van der Waals surface area contributed by atoms with E-state index in [2.05, 4.69) is 20.7 Å².